The molecular formula is C15H14N8O3S3. The molecule has 0 bridgehead atoms. The van der Waals surface area contributed by atoms with Gasteiger partial charge in [-0.25, -0.2) is 0 Å². The molecule has 2 N–H and O–H groups in total. The molecule has 0 fully saturated rings. The number of carbonyl (C=O) groups excluding carboxylic acids is 3. The van der Waals surface area contributed by atoms with Crippen LogP contribution in [-0.2, 0) is 14.4 Å². The second-order valence-corrected chi connectivity index (χ2v) is 8.45. The number of benzene rings is 1. The summed E-state index contributed by atoms with van der Waals surface area (Å²) < 4.78 is 2.05. The van der Waals surface area contributed by atoms with E-state index in [0.717, 1.165) is 28.8 Å². The van der Waals surface area contributed by atoms with E-state index < -0.39 is 11.8 Å². The van der Waals surface area contributed by atoms with Gasteiger partial charge >= 0.3 is 0 Å². The van der Waals surface area contributed by atoms with Crippen molar-refractivity contribution in [1.82, 2.24) is 35.7 Å². The summed E-state index contributed by atoms with van der Waals surface area (Å²) in [6.45, 7) is 1.26. The average molecular weight is 451 g/mol. The van der Waals surface area contributed by atoms with Gasteiger partial charge in [-0.2, -0.15) is 4.68 Å². The van der Waals surface area contributed by atoms with Crippen LogP contribution in [0.4, 0.5) is 5.13 Å². The lowest BCUT2D eigenvalue weighted by atomic mass is 10.3. The van der Waals surface area contributed by atoms with E-state index in [0.29, 0.717) is 14.6 Å². The van der Waals surface area contributed by atoms with Crippen molar-refractivity contribution < 1.29 is 14.4 Å². The molecule has 0 unspecified atom stereocenters. The largest absolute Gasteiger partial charge is 0.300 e. The molecule has 0 radical (unpaired) electrons. The number of tetrazole rings is 1. The number of rotatable bonds is 8. The molecule has 1 aromatic carbocycles. The Labute approximate surface area is 177 Å². The van der Waals surface area contributed by atoms with E-state index in [1.54, 1.807) is 4.68 Å². The summed E-state index contributed by atoms with van der Waals surface area (Å²) >= 11 is 3.44. The molecular weight excluding hydrogens is 436 g/mol. The first-order valence-electron chi connectivity index (χ1n) is 8.04. The van der Waals surface area contributed by atoms with Crippen molar-refractivity contribution in [3.63, 3.8) is 0 Å². The number of amides is 3. The smallest absolute Gasteiger partial charge is 0.236 e. The fourth-order valence-electron chi connectivity index (χ4n) is 1.96. The Kier molecular flexibility index (Phi) is 7.26. The number of nitrogens with one attached hydrogen (secondary N) is 2. The van der Waals surface area contributed by atoms with Crippen LogP contribution in [0.1, 0.15) is 6.92 Å². The fourth-order valence-corrected chi connectivity index (χ4v) is 4.22. The fraction of sp³-hybridized carbons (Fsp3) is 0.200. The highest BCUT2D eigenvalue weighted by molar-refractivity contribution is 8.01. The van der Waals surface area contributed by atoms with Gasteiger partial charge in [-0.1, -0.05) is 53.1 Å². The van der Waals surface area contributed by atoms with Gasteiger partial charge < -0.3 is 0 Å². The van der Waals surface area contributed by atoms with Crippen molar-refractivity contribution in [3.8, 4) is 5.69 Å². The molecule has 0 aliphatic heterocycles. The number of nitrogens with zero attached hydrogens (tertiary/aromatic N) is 6. The summed E-state index contributed by atoms with van der Waals surface area (Å²) in [4.78, 5) is 34.4. The Morgan fingerprint density at radius 3 is 2.55 bits per heavy atom. The van der Waals surface area contributed by atoms with E-state index in [1.807, 2.05) is 30.3 Å². The third-order valence-electron chi connectivity index (χ3n) is 3.07. The van der Waals surface area contributed by atoms with E-state index in [-0.39, 0.29) is 17.4 Å². The zero-order valence-electron chi connectivity index (χ0n) is 14.9. The highest BCUT2D eigenvalue weighted by Gasteiger charge is 2.14. The summed E-state index contributed by atoms with van der Waals surface area (Å²) in [5, 5.41) is 24.9. The molecule has 0 aliphatic carbocycles. The summed E-state index contributed by atoms with van der Waals surface area (Å²) in [6.07, 6.45) is 0. The second kappa shape index (κ2) is 10.1. The Balaban J connectivity index is 1.49. The number of hydrogen-bond donors (Lipinski definition) is 2. The van der Waals surface area contributed by atoms with Crippen LogP contribution in [-0.4, -0.2) is 59.6 Å². The van der Waals surface area contributed by atoms with Gasteiger partial charge in [-0.15, -0.1) is 15.3 Å². The number of carbonyl (C=O) groups is 3. The molecule has 0 saturated heterocycles. The number of anilines is 1. The van der Waals surface area contributed by atoms with Crippen molar-refractivity contribution in [1.29, 1.82) is 0 Å². The number of thioether (sulfide) groups is 2. The lowest BCUT2D eigenvalue weighted by molar-refractivity contribution is -0.127. The van der Waals surface area contributed by atoms with Crippen LogP contribution >= 0.6 is 34.9 Å². The molecule has 11 nitrogen and oxygen atoms in total. The SMILES string of the molecule is CC(=O)NC(=O)CSc1nnc(NC(=O)CSc2nnnn2-c2ccccc2)s1. The molecule has 3 rings (SSSR count). The first kappa shape index (κ1) is 20.9. The summed E-state index contributed by atoms with van der Waals surface area (Å²) in [5.74, 6) is -1.02. The van der Waals surface area contributed by atoms with Crippen molar-refractivity contribution in [2.45, 2.75) is 16.4 Å². The zero-order chi connectivity index (χ0) is 20.6. The molecule has 0 saturated carbocycles. The van der Waals surface area contributed by atoms with Crippen LogP contribution in [0.2, 0.25) is 0 Å². The predicted octanol–water partition coefficient (Wildman–Crippen LogP) is 0.999. The van der Waals surface area contributed by atoms with Gasteiger partial charge in [0.15, 0.2) is 4.34 Å². The van der Waals surface area contributed by atoms with Gasteiger partial charge in [-0.3, -0.25) is 25.0 Å². The third-order valence-corrected chi connectivity index (χ3v) is 5.96. The molecule has 0 spiro atoms. The molecule has 2 heterocycles. The van der Waals surface area contributed by atoms with Crippen molar-refractivity contribution in [3.05, 3.63) is 30.3 Å². The number of para-hydroxylation sites is 1. The average Bonchev–Trinajstić information content (AvgIpc) is 3.34. The first-order chi connectivity index (χ1) is 14.0. The van der Waals surface area contributed by atoms with Crippen LogP contribution in [0.25, 0.3) is 5.69 Å². The van der Waals surface area contributed by atoms with E-state index in [1.165, 1.54) is 18.7 Å². The monoisotopic (exact) mass is 450 g/mol. The Morgan fingerprint density at radius 1 is 1.03 bits per heavy atom. The number of aromatic nitrogens is 6. The number of hydrogen-bond acceptors (Lipinski definition) is 11. The first-order valence-corrected chi connectivity index (χ1v) is 10.8. The van der Waals surface area contributed by atoms with Crippen LogP contribution in [0.5, 0.6) is 0 Å². The Hall–Kier alpha value is -2.84. The van der Waals surface area contributed by atoms with Gasteiger partial charge in [-0.05, 0) is 22.6 Å². The summed E-state index contributed by atoms with van der Waals surface area (Å²) in [5.41, 5.74) is 0.792. The highest BCUT2D eigenvalue weighted by Crippen LogP contribution is 2.25. The van der Waals surface area contributed by atoms with Crippen LogP contribution in [0, 0.1) is 0 Å². The van der Waals surface area contributed by atoms with Gasteiger partial charge in [0.05, 0.1) is 17.2 Å². The van der Waals surface area contributed by atoms with Crippen molar-refractivity contribution in [2.75, 3.05) is 16.8 Å². The second-order valence-electron chi connectivity index (χ2n) is 5.31. The highest BCUT2D eigenvalue weighted by atomic mass is 32.2. The van der Waals surface area contributed by atoms with Crippen LogP contribution in [0.3, 0.4) is 0 Å². The Morgan fingerprint density at radius 2 is 1.79 bits per heavy atom. The number of imide groups is 1. The topological polar surface area (TPSA) is 145 Å². The molecule has 150 valence electrons. The predicted molar refractivity (Wildman–Crippen MR) is 108 cm³/mol. The normalized spacial score (nSPS) is 10.5. The standard InChI is InChI=1S/C15H14N8O3S3/c1-9(24)16-11(25)8-28-15-20-18-13(29-15)17-12(26)7-27-14-19-21-22-23(14)10-5-3-2-4-6-10/h2-6H,7-8H2,1H3,(H,16,24,25)(H,17,18,26). The molecule has 14 heteroatoms. The molecule has 3 aromatic rings. The van der Waals surface area contributed by atoms with E-state index in [4.69, 9.17) is 0 Å². The maximum Gasteiger partial charge on any atom is 0.236 e. The van der Waals surface area contributed by atoms with Gasteiger partial charge in [0.1, 0.15) is 0 Å². The van der Waals surface area contributed by atoms with E-state index in [9.17, 15) is 14.4 Å². The minimum atomic E-state index is -0.421. The maximum atomic E-state index is 12.2. The van der Waals surface area contributed by atoms with Crippen molar-refractivity contribution in [2.24, 2.45) is 0 Å². The van der Waals surface area contributed by atoms with Crippen LogP contribution < -0.4 is 10.6 Å². The lowest BCUT2D eigenvalue weighted by Gasteiger charge is -2.03. The zero-order valence-corrected chi connectivity index (χ0v) is 17.4. The summed E-state index contributed by atoms with van der Waals surface area (Å²) in [6, 6.07) is 9.34. The molecule has 29 heavy (non-hydrogen) atoms. The van der Waals surface area contributed by atoms with Crippen molar-refractivity contribution >= 4 is 57.7 Å². The quantitative estimate of drug-likeness (QED) is 0.376. The van der Waals surface area contributed by atoms with Gasteiger partial charge in [0, 0.05) is 6.92 Å². The Bertz CT molecular complexity index is 1010. The third kappa shape index (κ3) is 6.33. The summed E-state index contributed by atoms with van der Waals surface area (Å²) in [7, 11) is 0. The molecule has 3 amide bonds. The molecule has 0 aliphatic rings. The minimum absolute atomic E-state index is 0.0279. The van der Waals surface area contributed by atoms with E-state index >= 15 is 0 Å². The molecule has 2 aromatic heterocycles. The molecule has 0 atom stereocenters. The van der Waals surface area contributed by atoms with Gasteiger partial charge in [0.2, 0.25) is 28.0 Å². The van der Waals surface area contributed by atoms with Gasteiger partial charge in [0.25, 0.3) is 0 Å². The van der Waals surface area contributed by atoms with Crippen LogP contribution in [0.15, 0.2) is 39.8 Å². The lowest BCUT2D eigenvalue weighted by Crippen LogP contribution is -2.29. The van der Waals surface area contributed by atoms with E-state index in [2.05, 4.69) is 36.4 Å². The minimum Gasteiger partial charge on any atom is -0.300 e. The maximum absolute atomic E-state index is 12.2.